The van der Waals surface area contributed by atoms with E-state index in [1.807, 2.05) is 12.2 Å². The molecule has 0 unspecified atom stereocenters. The lowest BCUT2D eigenvalue weighted by Gasteiger charge is -2.03. The first-order chi connectivity index (χ1) is 5.79. The van der Waals surface area contributed by atoms with E-state index in [1.165, 1.54) is 0 Å². The Morgan fingerprint density at radius 1 is 1.50 bits per heavy atom. The topological polar surface area (TPSA) is 67.8 Å². The van der Waals surface area contributed by atoms with Crippen LogP contribution < -0.4 is 5.73 Å². The van der Waals surface area contributed by atoms with Gasteiger partial charge in [0.2, 0.25) is 0 Å². The Kier molecular flexibility index (Phi) is 1.40. The summed E-state index contributed by atoms with van der Waals surface area (Å²) >= 11 is 0. The number of fused-ring (bicyclic) bond motifs is 1. The molecule has 2 aliphatic rings. The smallest absolute Gasteiger partial charge is 0.269 e. The minimum absolute atomic E-state index is 0.273. The third kappa shape index (κ3) is 0.887. The van der Waals surface area contributed by atoms with Gasteiger partial charge in [-0.2, -0.15) is 5.10 Å². The zero-order chi connectivity index (χ0) is 8.55. The van der Waals surface area contributed by atoms with Gasteiger partial charge in [-0.3, -0.25) is 4.79 Å². The molecule has 12 heavy (non-hydrogen) atoms. The predicted octanol–water partition coefficient (Wildman–Crippen LogP) is 0.169. The minimum atomic E-state index is -0.518. The van der Waals surface area contributed by atoms with Crippen molar-refractivity contribution in [2.45, 2.75) is 6.42 Å². The lowest BCUT2D eigenvalue weighted by molar-refractivity contribution is -0.111. The van der Waals surface area contributed by atoms with Crippen LogP contribution in [0.15, 0.2) is 34.0 Å². The van der Waals surface area contributed by atoms with E-state index >= 15 is 0 Å². The number of carbonyl (C=O) groups is 1. The summed E-state index contributed by atoms with van der Waals surface area (Å²) in [4.78, 5) is 10.8. The Morgan fingerprint density at radius 3 is 3.08 bits per heavy atom. The van der Waals surface area contributed by atoms with E-state index in [9.17, 15) is 4.79 Å². The standard InChI is InChI=1S/C8H7N3O/c9-8(12)7-5-3-1-2-4-6(5)10-11-7/h1-3H,4H2,(H2,9,12). The number of allylic oxidation sites excluding steroid dienone is 3. The van der Waals surface area contributed by atoms with E-state index in [0.29, 0.717) is 0 Å². The summed E-state index contributed by atoms with van der Waals surface area (Å²) in [5, 5.41) is 7.55. The van der Waals surface area contributed by atoms with Crippen LogP contribution in [0.2, 0.25) is 0 Å². The number of carbonyl (C=O) groups excluding carboxylic acids is 1. The molecule has 0 saturated carbocycles. The maximum Gasteiger partial charge on any atom is 0.269 e. The third-order valence-corrected chi connectivity index (χ3v) is 1.78. The second-order valence-corrected chi connectivity index (χ2v) is 2.57. The molecule has 0 bridgehead atoms. The number of hydrogen-bond donors (Lipinski definition) is 1. The number of primary amides is 1. The van der Waals surface area contributed by atoms with Crippen molar-refractivity contribution in [2.75, 3.05) is 0 Å². The molecule has 0 fully saturated rings. The molecule has 1 aliphatic heterocycles. The second-order valence-electron chi connectivity index (χ2n) is 2.57. The van der Waals surface area contributed by atoms with Gasteiger partial charge in [-0.1, -0.05) is 18.2 Å². The first-order valence-electron chi connectivity index (χ1n) is 3.61. The second kappa shape index (κ2) is 2.41. The lowest BCUT2D eigenvalue weighted by Crippen LogP contribution is -2.25. The van der Waals surface area contributed by atoms with Crippen molar-refractivity contribution in [2.24, 2.45) is 15.9 Å². The molecule has 0 aromatic heterocycles. The van der Waals surface area contributed by atoms with E-state index in [2.05, 4.69) is 10.2 Å². The van der Waals surface area contributed by atoms with Gasteiger partial charge in [0.15, 0.2) is 5.71 Å². The lowest BCUT2D eigenvalue weighted by atomic mass is 9.99. The normalized spacial score (nSPS) is 19.5. The number of amides is 1. The zero-order valence-corrected chi connectivity index (χ0v) is 6.32. The van der Waals surface area contributed by atoms with Crippen LogP contribution in [0.5, 0.6) is 0 Å². The average Bonchev–Trinajstić information content (AvgIpc) is 2.47. The average molecular weight is 161 g/mol. The van der Waals surface area contributed by atoms with Gasteiger partial charge in [0.25, 0.3) is 5.91 Å². The molecular weight excluding hydrogens is 154 g/mol. The summed E-state index contributed by atoms with van der Waals surface area (Å²) in [5.74, 6) is -0.518. The number of hydrogen-bond acceptors (Lipinski definition) is 3. The van der Waals surface area contributed by atoms with Crippen LogP contribution in [-0.4, -0.2) is 17.3 Å². The largest absolute Gasteiger partial charge is 0.364 e. The van der Waals surface area contributed by atoms with Crippen LogP contribution in [0.4, 0.5) is 0 Å². The van der Waals surface area contributed by atoms with Crippen molar-refractivity contribution in [3.63, 3.8) is 0 Å². The van der Waals surface area contributed by atoms with Crippen molar-refractivity contribution in [3.8, 4) is 0 Å². The fourth-order valence-electron chi connectivity index (χ4n) is 1.21. The molecule has 2 N–H and O–H groups in total. The highest BCUT2D eigenvalue weighted by atomic mass is 16.1. The van der Waals surface area contributed by atoms with E-state index in [-0.39, 0.29) is 5.71 Å². The summed E-state index contributed by atoms with van der Waals surface area (Å²) in [5.41, 5.74) is 6.96. The molecule has 0 atom stereocenters. The molecule has 1 amide bonds. The fourth-order valence-corrected chi connectivity index (χ4v) is 1.21. The molecule has 0 aromatic rings. The Morgan fingerprint density at radius 2 is 2.33 bits per heavy atom. The number of nitrogens with zero attached hydrogens (tertiary/aromatic N) is 2. The van der Waals surface area contributed by atoms with Crippen molar-refractivity contribution in [1.82, 2.24) is 0 Å². The summed E-state index contributed by atoms with van der Waals surface area (Å²) in [6.07, 6.45) is 6.37. The molecular formula is C8H7N3O. The Hall–Kier alpha value is -1.71. The van der Waals surface area contributed by atoms with Gasteiger partial charge in [-0.15, -0.1) is 5.10 Å². The highest BCUT2D eigenvalue weighted by Crippen LogP contribution is 2.17. The molecule has 0 saturated heterocycles. The molecule has 0 spiro atoms. The summed E-state index contributed by atoms with van der Waals surface area (Å²) < 4.78 is 0. The van der Waals surface area contributed by atoms with E-state index < -0.39 is 5.91 Å². The molecule has 4 nitrogen and oxygen atoms in total. The van der Waals surface area contributed by atoms with Crippen molar-refractivity contribution >= 4 is 17.3 Å². The van der Waals surface area contributed by atoms with Crippen molar-refractivity contribution < 1.29 is 4.79 Å². The quantitative estimate of drug-likeness (QED) is 0.585. The Balaban J connectivity index is 2.40. The van der Waals surface area contributed by atoms with Crippen LogP contribution in [0.1, 0.15) is 6.42 Å². The van der Waals surface area contributed by atoms with E-state index in [4.69, 9.17) is 5.73 Å². The van der Waals surface area contributed by atoms with Crippen molar-refractivity contribution in [3.05, 3.63) is 23.8 Å². The zero-order valence-electron chi connectivity index (χ0n) is 6.32. The molecule has 60 valence electrons. The maximum atomic E-state index is 10.8. The minimum Gasteiger partial charge on any atom is -0.364 e. The molecule has 0 radical (unpaired) electrons. The molecule has 1 heterocycles. The van der Waals surface area contributed by atoms with Crippen LogP contribution in [0.3, 0.4) is 0 Å². The van der Waals surface area contributed by atoms with Gasteiger partial charge in [0.1, 0.15) is 0 Å². The SMILES string of the molecule is NC(=O)C1=NN=C2CC=CC=C21. The van der Waals surface area contributed by atoms with Gasteiger partial charge in [0.05, 0.1) is 5.71 Å². The van der Waals surface area contributed by atoms with Crippen LogP contribution in [-0.2, 0) is 4.79 Å². The van der Waals surface area contributed by atoms with Gasteiger partial charge < -0.3 is 5.73 Å². The van der Waals surface area contributed by atoms with E-state index in [1.54, 1.807) is 6.08 Å². The highest BCUT2D eigenvalue weighted by Gasteiger charge is 2.23. The third-order valence-electron chi connectivity index (χ3n) is 1.78. The first kappa shape index (κ1) is 6.97. The van der Waals surface area contributed by atoms with Gasteiger partial charge in [-0.05, 0) is 0 Å². The highest BCUT2D eigenvalue weighted by molar-refractivity contribution is 6.53. The predicted molar refractivity (Wildman–Crippen MR) is 45.9 cm³/mol. The monoisotopic (exact) mass is 161 g/mol. The van der Waals surface area contributed by atoms with Crippen LogP contribution in [0, 0.1) is 0 Å². The summed E-state index contributed by atoms with van der Waals surface area (Å²) in [7, 11) is 0. The van der Waals surface area contributed by atoms with Gasteiger partial charge in [0, 0.05) is 12.0 Å². The van der Waals surface area contributed by atoms with Crippen LogP contribution in [0.25, 0.3) is 0 Å². The Labute approximate surface area is 69.2 Å². The van der Waals surface area contributed by atoms with Crippen LogP contribution >= 0.6 is 0 Å². The van der Waals surface area contributed by atoms with E-state index in [0.717, 1.165) is 17.7 Å². The molecule has 2 rings (SSSR count). The van der Waals surface area contributed by atoms with Gasteiger partial charge in [-0.25, -0.2) is 0 Å². The first-order valence-corrected chi connectivity index (χ1v) is 3.61. The number of nitrogens with two attached hydrogens (primary N) is 1. The maximum absolute atomic E-state index is 10.8. The summed E-state index contributed by atoms with van der Waals surface area (Å²) in [6.45, 7) is 0. The Bertz CT molecular complexity index is 360. The summed E-state index contributed by atoms with van der Waals surface area (Å²) in [6, 6.07) is 0. The molecule has 4 heteroatoms. The van der Waals surface area contributed by atoms with Gasteiger partial charge >= 0.3 is 0 Å². The van der Waals surface area contributed by atoms with Crippen molar-refractivity contribution in [1.29, 1.82) is 0 Å². The molecule has 0 aromatic carbocycles. The fraction of sp³-hybridized carbons (Fsp3) is 0.125. The number of rotatable bonds is 1. The molecule has 1 aliphatic carbocycles.